The summed E-state index contributed by atoms with van der Waals surface area (Å²) in [5, 5.41) is 15.5. The molecule has 0 aliphatic carbocycles. The van der Waals surface area contributed by atoms with E-state index in [2.05, 4.69) is 49.9 Å². The first-order valence-corrected chi connectivity index (χ1v) is 25.5. The summed E-state index contributed by atoms with van der Waals surface area (Å²) in [5.41, 5.74) is 12.9. The molecule has 4 amide bonds. The van der Waals surface area contributed by atoms with Gasteiger partial charge in [0.1, 0.15) is 17.9 Å². The third-order valence-corrected chi connectivity index (χ3v) is 12.9. The average molecular weight is 994 g/mol. The van der Waals surface area contributed by atoms with E-state index in [-0.39, 0.29) is 55.6 Å². The molecule has 1 unspecified atom stereocenters. The van der Waals surface area contributed by atoms with Crippen LogP contribution in [0.25, 0.3) is 0 Å². The molecule has 1 aromatic carbocycles. The third-order valence-electron chi connectivity index (χ3n) is 11.9. The zero-order valence-corrected chi connectivity index (χ0v) is 41.1. The Morgan fingerprint density at radius 3 is 2.21 bits per heavy atom. The number of benzene rings is 1. The SMILES string of the molecule is CC(C)C[C@H](NC(=O)[C@@H]1C[C@@H](OCCCCc2ccccc2)CN1C(=O)CCCCCCC(=O)C(N)CS)C(=O)C[C@@H](Cc1cnc[nH]1)C(=O)N[C@@H](CO)C(=O)C[C@H](C(N)=O)[C@@H](C)OP(=O)(O)O. The van der Waals surface area contributed by atoms with E-state index in [4.69, 9.17) is 16.2 Å². The molecule has 1 saturated heterocycles. The van der Waals surface area contributed by atoms with Crippen LogP contribution in [-0.4, -0.2) is 133 Å². The molecule has 0 saturated carbocycles. The highest BCUT2D eigenvalue weighted by Crippen LogP contribution is 2.39. The number of H-pyrrole nitrogens is 1. The fourth-order valence-corrected chi connectivity index (χ4v) is 8.89. The molecule has 0 spiro atoms. The molecule has 22 heteroatoms. The number of likely N-dealkylation sites (tertiary alicyclic amines) is 1. The summed E-state index contributed by atoms with van der Waals surface area (Å²) in [7, 11) is -5.08. The summed E-state index contributed by atoms with van der Waals surface area (Å²) in [5.74, 6) is -6.71. The van der Waals surface area contributed by atoms with Crippen molar-refractivity contribution >= 4 is 61.4 Å². The first-order valence-electron chi connectivity index (χ1n) is 23.3. The summed E-state index contributed by atoms with van der Waals surface area (Å²) >= 11 is 4.08. The summed E-state index contributed by atoms with van der Waals surface area (Å²) in [6, 6.07) is 5.84. The van der Waals surface area contributed by atoms with Crippen molar-refractivity contribution in [2.24, 2.45) is 29.2 Å². The molecule has 8 atom stereocenters. The molecule has 68 heavy (non-hydrogen) atoms. The van der Waals surface area contributed by atoms with Gasteiger partial charge in [0.05, 0.1) is 49.1 Å². The number of ketones is 3. The number of carbonyl (C=O) groups excluding carboxylic acids is 7. The highest BCUT2D eigenvalue weighted by Gasteiger charge is 2.42. The highest BCUT2D eigenvalue weighted by atomic mass is 32.1. The van der Waals surface area contributed by atoms with Crippen molar-refractivity contribution in [2.75, 3.05) is 25.5 Å². The Labute approximate surface area is 403 Å². The molecule has 1 aliphatic rings. The van der Waals surface area contributed by atoms with Crippen molar-refractivity contribution in [3.63, 3.8) is 0 Å². The van der Waals surface area contributed by atoms with Gasteiger partial charge in [-0.05, 0) is 56.9 Å². The summed E-state index contributed by atoms with van der Waals surface area (Å²) in [6.45, 7) is 4.54. The van der Waals surface area contributed by atoms with Gasteiger partial charge in [0.25, 0.3) is 0 Å². The Bertz CT molecular complexity index is 1970. The molecular weight excluding hydrogens is 922 g/mol. The molecule has 1 aliphatic heterocycles. The zero-order chi connectivity index (χ0) is 50.4. The number of nitrogens with one attached hydrogen (secondary N) is 3. The second-order valence-electron chi connectivity index (χ2n) is 18.0. The lowest BCUT2D eigenvalue weighted by molar-refractivity contribution is -0.140. The number of aliphatic hydroxyl groups excluding tert-OH is 1. The number of aromatic amines is 1. The maximum Gasteiger partial charge on any atom is 0.469 e. The predicted octanol–water partition coefficient (Wildman–Crippen LogP) is 2.27. The molecule has 2 aromatic rings. The Morgan fingerprint density at radius 1 is 0.926 bits per heavy atom. The van der Waals surface area contributed by atoms with Crippen LogP contribution in [-0.2, 0) is 60.2 Å². The minimum atomic E-state index is -5.08. The number of aromatic nitrogens is 2. The predicted molar refractivity (Wildman–Crippen MR) is 254 cm³/mol. The van der Waals surface area contributed by atoms with Crippen molar-refractivity contribution in [1.29, 1.82) is 0 Å². The molecule has 0 bridgehead atoms. The zero-order valence-electron chi connectivity index (χ0n) is 39.3. The second-order valence-corrected chi connectivity index (χ2v) is 19.5. The Kier molecular flexibility index (Phi) is 25.3. The number of amides is 4. The smallest absolute Gasteiger partial charge is 0.394 e. The minimum absolute atomic E-state index is 0.0550. The maximum absolute atomic E-state index is 14.3. The number of phosphoric acid groups is 1. The lowest BCUT2D eigenvalue weighted by Crippen LogP contribution is -2.52. The van der Waals surface area contributed by atoms with Crippen LogP contribution >= 0.6 is 20.5 Å². The normalized spacial score (nSPS) is 17.8. The number of imidazole rings is 1. The van der Waals surface area contributed by atoms with E-state index in [1.807, 2.05) is 32.0 Å². The largest absolute Gasteiger partial charge is 0.469 e. The van der Waals surface area contributed by atoms with Crippen LogP contribution in [0.3, 0.4) is 0 Å². The van der Waals surface area contributed by atoms with E-state index in [0.29, 0.717) is 38.0 Å². The van der Waals surface area contributed by atoms with Gasteiger partial charge < -0.3 is 51.6 Å². The molecule has 1 fully saturated rings. The number of nitrogens with two attached hydrogens (primary N) is 2. The van der Waals surface area contributed by atoms with Gasteiger partial charge in [-0.3, -0.25) is 38.1 Å². The maximum atomic E-state index is 14.3. The lowest BCUT2D eigenvalue weighted by Gasteiger charge is -2.28. The number of ether oxygens (including phenoxy) is 1. The highest BCUT2D eigenvalue weighted by molar-refractivity contribution is 7.80. The summed E-state index contributed by atoms with van der Waals surface area (Å²) < 4.78 is 22.2. The van der Waals surface area contributed by atoms with E-state index in [0.717, 1.165) is 32.6 Å². The van der Waals surface area contributed by atoms with Gasteiger partial charge in [-0.15, -0.1) is 0 Å². The van der Waals surface area contributed by atoms with E-state index in [9.17, 15) is 53.0 Å². The number of unbranched alkanes of at least 4 members (excludes halogenated alkanes) is 4. The number of aryl methyl sites for hydroxylation is 1. The Balaban J connectivity index is 1.75. The van der Waals surface area contributed by atoms with Crippen molar-refractivity contribution in [3.05, 3.63) is 54.1 Å². The first-order chi connectivity index (χ1) is 32.2. The fourth-order valence-electron chi connectivity index (χ4n) is 8.11. The molecule has 10 N–H and O–H groups in total. The summed E-state index contributed by atoms with van der Waals surface area (Å²) in [4.78, 5) is 121. The molecular formula is C46H72N7O13PS. The molecule has 20 nitrogen and oxygen atoms in total. The number of hydrogen-bond acceptors (Lipinski definition) is 14. The van der Waals surface area contributed by atoms with Gasteiger partial charge >= 0.3 is 7.82 Å². The van der Waals surface area contributed by atoms with Crippen molar-refractivity contribution in [2.45, 2.75) is 147 Å². The Hall–Kier alpha value is -4.34. The number of thiol groups is 1. The van der Waals surface area contributed by atoms with E-state index in [1.165, 1.54) is 23.0 Å². The van der Waals surface area contributed by atoms with Crippen LogP contribution in [0.15, 0.2) is 42.9 Å². The van der Waals surface area contributed by atoms with Crippen LogP contribution < -0.4 is 22.1 Å². The van der Waals surface area contributed by atoms with Gasteiger partial charge in [-0.25, -0.2) is 9.55 Å². The number of nitrogens with zero attached hydrogens (tertiary/aromatic N) is 2. The van der Waals surface area contributed by atoms with Crippen LogP contribution in [0.1, 0.15) is 109 Å². The van der Waals surface area contributed by atoms with Crippen molar-refractivity contribution in [3.8, 4) is 0 Å². The molecule has 380 valence electrons. The van der Waals surface area contributed by atoms with E-state index < -0.39 is 105 Å². The topological polar surface area (TPSA) is 324 Å². The van der Waals surface area contributed by atoms with Crippen LogP contribution in [0, 0.1) is 17.8 Å². The molecule has 1 aromatic heterocycles. The van der Waals surface area contributed by atoms with E-state index >= 15 is 0 Å². The Morgan fingerprint density at radius 2 is 1.60 bits per heavy atom. The van der Waals surface area contributed by atoms with Gasteiger partial charge in [0, 0.05) is 69.3 Å². The van der Waals surface area contributed by atoms with Gasteiger partial charge in [0.2, 0.25) is 23.6 Å². The fraction of sp³-hybridized carbons (Fsp3) is 0.652. The average Bonchev–Trinajstić information content (AvgIpc) is 3.97. The molecule has 0 radical (unpaired) electrons. The number of aliphatic hydroxyl groups is 1. The number of primary amides is 1. The number of rotatable bonds is 34. The number of carbonyl (C=O) groups is 7. The lowest BCUT2D eigenvalue weighted by atomic mass is 9.89. The van der Waals surface area contributed by atoms with Crippen molar-refractivity contribution in [1.82, 2.24) is 25.5 Å². The standard InChI is InChI=1S/C46H72N7O13PS/c1-29(2)19-37(41(56)21-32(20-33-24-49-28-50-33)45(60)52-38(26-54)42(57)23-35(44(48)59)30(3)66-67(62,63)64)51-46(61)39-22-34(65-18-12-11-15-31-13-7-6-8-14-31)25-53(39)43(58)17-10-5-4-9-16-40(55)36(47)27-68/h6-8,13-14,24,28-30,32,34-39,54,68H,4-5,9-12,15-23,25-27,47H2,1-3H3,(H2,48,59)(H,49,50)(H,51,61)(H,52,60)(H2,62,63,64)/t30-,32-,34-,35+,36?,37+,38+,39+/m1/s1. The van der Waals surface area contributed by atoms with Crippen LogP contribution in [0.4, 0.5) is 0 Å². The summed E-state index contributed by atoms with van der Waals surface area (Å²) in [6.07, 6.45) is 5.64. The second kappa shape index (κ2) is 29.6. The van der Waals surface area contributed by atoms with Crippen molar-refractivity contribution < 1.29 is 62.3 Å². The minimum Gasteiger partial charge on any atom is -0.394 e. The molecule has 2 heterocycles. The number of Topliss-reactive ketones (excluding diaryl/α,β-unsaturated/α-hetero) is 3. The number of hydrogen-bond donors (Lipinski definition) is 9. The number of phosphoric ester groups is 1. The molecule has 3 rings (SSSR count). The first kappa shape index (κ1) is 58.0. The van der Waals surface area contributed by atoms with E-state index in [1.54, 1.807) is 0 Å². The quantitative estimate of drug-likeness (QED) is 0.0276. The monoisotopic (exact) mass is 993 g/mol. The van der Waals surface area contributed by atoms with Gasteiger partial charge in [-0.1, -0.05) is 57.0 Å². The van der Waals surface area contributed by atoms with Gasteiger partial charge in [0.15, 0.2) is 11.6 Å². The third kappa shape index (κ3) is 20.7. The van der Waals surface area contributed by atoms with Gasteiger partial charge in [-0.2, -0.15) is 12.6 Å². The van der Waals surface area contributed by atoms with Crippen LogP contribution in [0.5, 0.6) is 0 Å². The van der Waals surface area contributed by atoms with Crippen LogP contribution in [0.2, 0.25) is 0 Å².